The molecule has 0 radical (unpaired) electrons. The van der Waals surface area contributed by atoms with E-state index >= 15 is 0 Å². The van der Waals surface area contributed by atoms with Crippen molar-refractivity contribution in [2.45, 2.75) is 32.4 Å². The van der Waals surface area contributed by atoms with Gasteiger partial charge in [0.2, 0.25) is 0 Å². The molecule has 0 heterocycles. The van der Waals surface area contributed by atoms with Crippen LogP contribution in [-0.2, 0) is 0 Å². The Labute approximate surface area is 62.7 Å². The molecule has 0 saturated heterocycles. The van der Waals surface area contributed by atoms with Crippen molar-refractivity contribution >= 4 is 0 Å². The minimum Gasteiger partial charge on any atom is -0.387 e. The maximum absolute atomic E-state index is 9.13. The Morgan fingerprint density at radius 1 is 1.60 bits per heavy atom. The van der Waals surface area contributed by atoms with Gasteiger partial charge in [-0.05, 0) is 12.3 Å². The lowest BCUT2D eigenvalue weighted by molar-refractivity contribution is 0.179. The summed E-state index contributed by atoms with van der Waals surface area (Å²) in [5.41, 5.74) is 5.61. The quantitative estimate of drug-likeness (QED) is 0.574. The number of hydrogen-bond acceptors (Lipinski definition) is 2. The van der Waals surface area contributed by atoms with E-state index in [9.17, 15) is 0 Å². The molecule has 0 aliphatic carbocycles. The van der Waals surface area contributed by atoms with Crippen LogP contribution in [0.1, 0.15) is 20.3 Å². The maximum atomic E-state index is 9.13. The molecule has 0 fully saturated rings. The first-order valence-corrected chi connectivity index (χ1v) is 3.64. The second-order valence-electron chi connectivity index (χ2n) is 3.02. The Morgan fingerprint density at radius 3 is 2.40 bits per heavy atom. The van der Waals surface area contributed by atoms with E-state index in [1.54, 1.807) is 0 Å². The molecule has 0 aliphatic heterocycles. The first-order chi connectivity index (χ1) is 4.57. The van der Waals surface area contributed by atoms with Gasteiger partial charge in [-0.1, -0.05) is 19.9 Å². The van der Waals surface area contributed by atoms with Crippen molar-refractivity contribution in [1.82, 2.24) is 0 Å². The van der Waals surface area contributed by atoms with Crippen LogP contribution in [0.4, 0.5) is 0 Å². The summed E-state index contributed by atoms with van der Waals surface area (Å²) in [6.07, 6.45) is 1.77. The van der Waals surface area contributed by atoms with Crippen LogP contribution < -0.4 is 5.73 Å². The minimum atomic E-state index is -0.553. The Hall–Kier alpha value is -0.340. The summed E-state index contributed by atoms with van der Waals surface area (Å²) < 4.78 is 0. The highest BCUT2D eigenvalue weighted by Gasteiger charge is 2.11. The van der Waals surface area contributed by atoms with Crippen LogP contribution in [0.3, 0.4) is 0 Å². The van der Waals surface area contributed by atoms with Gasteiger partial charge in [-0.15, -0.1) is 6.58 Å². The predicted octanol–water partition coefficient (Wildman–Crippen LogP) is 0.907. The lowest BCUT2D eigenvalue weighted by atomic mass is 10.0. The second kappa shape index (κ2) is 4.47. The summed E-state index contributed by atoms with van der Waals surface area (Å²) in [5, 5.41) is 9.13. The number of hydrogen-bond donors (Lipinski definition) is 2. The zero-order chi connectivity index (χ0) is 8.15. The van der Waals surface area contributed by atoms with Crippen LogP contribution in [0.2, 0.25) is 0 Å². The van der Waals surface area contributed by atoms with E-state index < -0.39 is 6.10 Å². The van der Waals surface area contributed by atoms with E-state index in [0.29, 0.717) is 5.92 Å². The Balaban J connectivity index is 3.60. The number of aliphatic hydroxyl groups excluding tert-OH is 1. The highest BCUT2D eigenvalue weighted by Crippen LogP contribution is 2.05. The van der Waals surface area contributed by atoms with E-state index in [0.717, 1.165) is 6.42 Å². The molecule has 0 saturated carbocycles. The molecular formula is C8H17NO. The molecule has 2 heteroatoms. The Kier molecular flexibility index (Phi) is 4.32. The van der Waals surface area contributed by atoms with Crippen molar-refractivity contribution in [3.63, 3.8) is 0 Å². The fourth-order valence-corrected chi connectivity index (χ4v) is 0.859. The van der Waals surface area contributed by atoms with Crippen molar-refractivity contribution < 1.29 is 5.11 Å². The molecular weight excluding hydrogens is 126 g/mol. The van der Waals surface area contributed by atoms with Gasteiger partial charge in [0.25, 0.3) is 0 Å². The smallest absolute Gasteiger partial charge is 0.0869 e. The van der Waals surface area contributed by atoms with Crippen molar-refractivity contribution in [3.8, 4) is 0 Å². The molecule has 0 aliphatic rings. The number of nitrogens with two attached hydrogens (primary N) is 1. The lowest BCUT2D eigenvalue weighted by Gasteiger charge is -2.16. The van der Waals surface area contributed by atoms with Gasteiger partial charge < -0.3 is 10.8 Å². The number of aliphatic hydroxyl groups is 1. The Morgan fingerprint density at radius 2 is 2.10 bits per heavy atom. The molecule has 10 heavy (non-hydrogen) atoms. The van der Waals surface area contributed by atoms with Gasteiger partial charge in [-0.3, -0.25) is 0 Å². The van der Waals surface area contributed by atoms with Gasteiger partial charge in [0.1, 0.15) is 0 Å². The molecule has 3 N–H and O–H groups in total. The summed E-state index contributed by atoms with van der Waals surface area (Å²) in [7, 11) is 0. The predicted molar refractivity (Wildman–Crippen MR) is 43.6 cm³/mol. The third-order valence-corrected chi connectivity index (χ3v) is 1.42. The molecule has 60 valence electrons. The van der Waals surface area contributed by atoms with Crippen LogP contribution in [0.15, 0.2) is 12.7 Å². The number of rotatable bonds is 4. The third-order valence-electron chi connectivity index (χ3n) is 1.42. The SMILES string of the molecule is C=C[C@H](O)[C@@H](N)CC(C)C. The van der Waals surface area contributed by atoms with E-state index in [2.05, 4.69) is 20.4 Å². The van der Waals surface area contributed by atoms with Crippen LogP contribution in [0.25, 0.3) is 0 Å². The lowest BCUT2D eigenvalue weighted by Crippen LogP contribution is -2.34. The van der Waals surface area contributed by atoms with Crippen molar-refractivity contribution in [2.24, 2.45) is 11.7 Å². The normalized spacial score (nSPS) is 16.9. The first kappa shape index (κ1) is 9.66. The topological polar surface area (TPSA) is 46.2 Å². The largest absolute Gasteiger partial charge is 0.387 e. The van der Waals surface area contributed by atoms with Crippen LogP contribution in [0.5, 0.6) is 0 Å². The zero-order valence-corrected chi connectivity index (χ0v) is 6.75. The first-order valence-electron chi connectivity index (χ1n) is 3.64. The van der Waals surface area contributed by atoms with Gasteiger partial charge in [0, 0.05) is 6.04 Å². The fraction of sp³-hybridized carbons (Fsp3) is 0.750. The molecule has 0 amide bonds. The van der Waals surface area contributed by atoms with Crippen molar-refractivity contribution in [1.29, 1.82) is 0 Å². The standard InChI is InChI=1S/C8H17NO/c1-4-8(10)7(9)5-6(2)3/h4,6-8,10H,1,5,9H2,2-3H3/t7-,8-/m0/s1. The summed E-state index contributed by atoms with van der Waals surface area (Å²) in [4.78, 5) is 0. The molecule has 0 spiro atoms. The van der Waals surface area contributed by atoms with E-state index in [1.807, 2.05) is 0 Å². The van der Waals surface area contributed by atoms with Crippen molar-refractivity contribution in [2.75, 3.05) is 0 Å². The van der Waals surface area contributed by atoms with Crippen molar-refractivity contribution in [3.05, 3.63) is 12.7 Å². The summed E-state index contributed by atoms with van der Waals surface area (Å²) in [5.74, 6) is 0.532. The van der Waals surface area contributed by atoms with E-state index in [1.165, 1.54) is 6.08 Å². The third kappa shape index (κ3) is 3.64. The molecule has 2 atom stereocenters. The van der Waals surface area contributed by atoms with Crippen LogP contribution >= 0.6 is 0 Å². The van der Waals surface area contributed by atoms with Crippen LogP contribution in [-0.4, -0.2) is 17.3 Å². The molecule has 0 rings (SSSR count). The highest BCUT2D eigenvalue weighted by atomic mass is 16.3. The van der Waals surface area contributed by atoms with Gasteiger partial charge in [0.05, 0.1) is 6.10 Å². The van der Waals surface area contributed by atoms with Crippen LogP contribution in [0, 0.1) is 5.92 Å². The fourth-order valence-electron chi connectivity index (χ4n) is 0.859. The van der Waals surface area contributed by atoms with E-state index in [4.69, 9.17) is 10.8 Å². The molecule has 0 aromatic heterocycles. The monoisotopic (exact) mass is 143 g/mol. The zero-order valence-electron chi connectivity index (χ0n) is 6.75. The summed E-state index contributed by atoms with van der Waals surface area (Å²) >= 11 is 0. The minimum absolute atomic E-state index is 0.155. The van der Waals surface area contributed by atoms with Gasteiger partial charge in [-0.2, -0.15) is 0 Å². The molecule has 0 unspecified atom stereocenters. The van der Waals surface area contributed by atoms with Gasteiger partial charge >= 0.3 is 0 Å². The average molecular weight is 143 g/mol. The second-order valence-corrected chi connectivity index (χ2v) is 3.02. The maximum Gasteiger partial charge on any atom is 0.0869 e. The molecule has 2 nitrogen and oxygen atoms in total. The molecule has 0 aromatic carbocycles. The summed E-state index contributed by atoms with van der Waals surface area (Å²) in [6.45, 7) is 7.62. The molecule has 0 aromatic rings. The molecule has 0 bridgehead atoms. The average Bonchev–Trinajstić information content (AvgIpc) is 1.85. The highest BCUT2D eigenvalue weighted by molar-refractivity contribution is 4.86. The van der Waals surface area contributed by atoms with Gasteiger partial charge in [0.15, 0.2) is 0 Å². The van der Waals surface area contributed by atoms with Gasteiger partial charge in [-0.25, -0.2) is 0 Å². The Bertz CT molecular complexity index is 101. The van der Waals surface area contributed by atoms with E-state index in [-0.39, 0.29) is 6.04 Å². The summed E-state index contributed by atoms with van der Waals surface area (Å²) in [6, 6.07) is -0.155.